The van der Waals surface area contributed by atoms with Crippen molar-refractivity contribution in [3.05, 3.63) is 35.0 Å². The summed E-state index contributed by atoms with van der Waals surface area (Å²) in [5, 5.41) is 19.9. The first-order valence-corrected chi connectivity index (χ1v) is 8.00. The minimum absolute atomic E-state index is 0.0276. The van der Waals surface area contributed by atoms with Gasteiger partial charge in [-0.1, -0.05) is 20.8 Å². The molecule has 0 saturated carbocycles. The number of carboxylic acid groups (broad SMARTS) is 1. The quantitative estimate of drug-likeness (QED) is 0.763. The van der Waals surface area contributed by atoms with Gasteiger partial charge >= 0.3 is 5.97 Å². The smallest absolute Gasteiger partial charge is 0.337 e. The van der Waals surface area contributed by atoms with Gasteiger partial charge in [-0.25, -0.2) is 4.79 Å². The summed E-state index contributed by atoms with van der Waals surface area (Å²) in [5.41, 5.74) is 8.55. The fourth-order valence-corrected chi connectivity index (χ4v) is 2.88. The molecule has 0 aliphatic rings. The van der Waals surface area contributed by atoms with Crippen LogP contribution in [0, 0.1) is 0 Å². The number of fused-ring (bicyclic) bond motifs is 1. The van der Waals surface area contributed by atoms with E-state index in [2.05, 4.69) is 26.8 Å². The van der Waals surface area contributed by atoms with Crippen molar-refractivity contribution in [2.24, 2.45) is 5.73 Å². The molecule has 0 aliphatic carbocycles. The molecule has 0 radical (unpaired) electrons. The lowest BCUT2D eigenvalue weighted by Crippen LogP contribution is -2.13. The first-order valence-electron chi connectivity index (χ1n) is 8.00. The number of aryl methyl sites for hydroxylation is 1. The molecule has 0 atom stereocenters. The van der Waals surface area contributed by atoms with Gasteiger partial charge in [0.05, 0.1) is 17.7 Å². The van der Waals surface area contributed by atoms with Gasteiger partial charge in [-0.2, -0.15) is 0 Å². The third-order valence-corrected chi connectivity index (χ3v) is 4.14. The van der Waals surface area contributed by atoms with Gasteiger partial charge in [-0.3, -0.25) is 0 Å². The highest BCUT2D eigenvalue weighted by molar-refractivity contribution is 6.04. The van der Waals surface area contributed by atoms with Gasteiger partial charge in [0.25, 0.3) is 0 Å². The Morgan fingerprint density at radius 3 is 2.52 bits per heavy atom. The highest BCUT2D eigenvalue weighted by atomic mass is 16.4. The number of nitrogens with zero attached hydrogens (tertiary/aromatic N) is 1. The molecule has 5 nitrogen and oxygen atoms in total. The lowest BCUT2D eigenvalue weighted by Gasteiger charge is -2.20. The molecular weight excluding hydrogens is 292 g/mol. The van der Waals surface area contributed by atoms with E-state index >= 15 is 0 Å². The first kappa shape index (κ1) is 17.5. The number of aliphatic hydroxyl groups is 1. The molecule has 4 N–H and O–H groups in total. The monoisotopic (exact) mass is 318 g/mol. The van der Waals surface area contributed by atoms with Crippen molar-refractivity contribution >= 4 is 16.9 Å². The van der Waals surface area contributed by atoms with Crippen LogP contribution in [-0.4, -0.2) is 33.9 Å². The van der Waals surface area contributed by atoms with Gasteiger partial charge in [0.2, 0.25) is 0 Å². The molecule has 1 heterocycles. The number of aliphatic hydroxyl groups excluding tert-OH is 1. The summed E-state index contributed by atoms with van der Waals surface area (Å²) in [6.45, 7) is 7.17. The molecule has 0 fully saturated rings. The van der Waals surface area contributed by atoms with Crippen LogP contribution in [0.2, 0.25) is 0 Å². The molecule has 1 aromatic carbocycles. The summed E-state index contributed by atoms with van der Waals surface area (Å²) in [5.74, 6) is -0.941. The predicted molar refractivity (Wildman–Crippen MR) is 92.1 cm³/mol. The van der Waals surface area contributed by atoms with Gasteiger partial charge in [0.1, 0.15) is 0 Å². The maximum atomic E-state index is 11.8. The standard InChI is InChI=1S/C18H26N2O3/c1-18(2,3)13-9-14-12(5-4-6-19)11-20(7-8-21)16(14)15(10-13)17(22)23/h9-11,21H,4-8,19H2,1-3H3,(H,22,23). The van der Waals surface area contributed by atoms with Gasteiger partial charge in [0.15, 0.2) is 0 Å². The van der Waals surface area contributed by atoms with Crippen molar-refractivity contribution in [3.8, 4) is 0 Å². The summed E-state index contributed by atoms with van der Waals surface area (Å²) >= 11 is 0. The molecule has 0 unspecified atom stereocenters. The number of rotatable bonds is 6. The van der Waals surface area contributed by atoms with Crippen LogP contribution in [-0.2, 0) is 18.4 Å². The SMILES string of the molecule is CC(C)(C)c1cc(C(=O)O)c2c(c1)c(CCCN)cn2CCO. The molecular formula is C18H26N2O3. The lowest BCUT2D eigenvalue weighted by atomic mass is 9.84. The predicted octanol–water partition coefficient (Wildman–Crippen LogP) is 2.52. The van der Waals surface area contributed by atoms with Crippen LogP contribution in [0.4, 0.5) is 0 Å². The number of nitrogens with two attached hydrogens (primary N) is 1. The summed E-state index contributed by atoms with van der Waals surface area (Å²) in [7, 11) is 0. The molecule has 0 spiro atoms. The number of benzene rings is 1. The minimum atomic E-state index is -0.941. The number of aromatic carboxylic acids is 1. The van der Waals surface area contributed by atoms with Crippen molar-refractivity contribution in [1.29, 1.82) is 0 Å². The van der Waals surface area contributed by atoms with E-state index in [-0.39, 0.29) is 12.0 Å². The first-order chi connectivity index (χ1) is 10.8. The van der Waals surface area contributed by atoms with Crippen LogP contribution < -0.4 is 5.73 Å². The topological polar surface area (TPSA) is 88.5 Å². The number of carboxylic acids is 1. The Balaban J connectivity index is 2.77. The van der Waals surface area contributed by atoms with E-state index in [0.29, 0.717) is 24.2 Å². The van der Waals surface area contributed by atoms with Crippen LogP contribution in [0.25, 0.3) is 10.9 Å². The zero-order valence-electron chi connectivity index (χ0n) is 14.1. The molecule has 0 saturated heterocycles. The zero-order chi connectivity index (χ0) is 17.2. The van der Waals surface area contributed by atoms with Gasteiger partial charge in [0, 0.05) is 18.1 Å². The molecule has 0 amide bonds. The highest BCUT2D eigenvalue weighted by Crippen LogP contribution is 2.32. The van der Waals surface area contributed by atoms with E-state index in [1.54, 1.807) is 6.07 Å². The molecule has 126 valence electrons. The third kappa shape index (κ3) is 3.57. The van der Waals surface area contributed by atoms with Crippen LogP contribution in [0.3, 0.4) is 0 Å². The number of carbonyl (C=O) groups is 1. The van der Waals surface area contributed by atoms with E-state index in [1.807, 2.05) is 10.8 Å². The van der Waals surface area contributed by atoms with Crippen LogP contribution >= 0.6 is 0 Å². The summed E-state index contributed by atoms with van der Waals surface area (Å²) in [6.07, 6.45) is 3.61. The van der Waals surface area contributed by atoms with E-state index in [0.717, 1.165) is 29.4 Å². The molecule has 5 heteroatoms. The zero-order valence-corrected chi connectivity index (χ0v) is 14.1. The number of hydrogen-bond donors (Lipinski definition) is 3. The summed E-state index contributed by atoms with van der Waals surface area (Å²) in [4.78, 5) is 11.8. The van der Waals surface area contributed by atoms with Crippen molar-refractivity contribution in [1.82, 2.24) is 4.57 Å². The number of aromatic nitrogens is 1. The normalized spacial score (nSPS) is 12.0. The fraction of sp³-hybridized carbons (Fsp3) is 0.500. The van der Waals surface area contributed by atoms with Crippen molar-refractivity contribution in [2.75, 3.05) is 13.2 Å². The fourth-order valence-electron chi connectivity index (χ4n) is 2.88. The van der Waals surface area contributed by atoms with Crippen LogP contribution in [0.15, 0.2) is 18.3 Å². The van der Waals surface area contributed by atoms with Gasteiger partial charge < -0.3 is 20.5 Å². The van der Waals surface area contributed by atoms with Crippen molar-refractivity contribution in [3.63, 3.8) is 0 Å². The Labute approximate surface area is 136 Å². The Morgan fingerprint density at radius 2 is 2.00 bits per heavy atom. The molecule has 23 heavy (non-hydrogen) atoms. The molecule has 2 aromatic rings. The van der Waals surface area contributed by atoms with Crippen molar-refractivity contribution < 1.29 is 15.0 Å². The van der Waals surface area contributed by atoms with Crippen LogP contribution in [0.1, 0.15) is 48.7 Å². The van der Waals surface area contributed by atoms with Gasteiger partial charge in [-0.05, 0) is 48.1 Å². The second kappa shape index (κ2) is 6.72. The van der Waals surface area contributed by atoms with Crippen LogP contribution in [0.5, 0.6) is 0 Å². The molecule has 1 aromatic heterocycles. The summed E-state index contributed by atoms with van der Waals surface area (Å²) < 4.78 is 1.84. The lowest BCUT2D eigenvalue weighted by molar-refractivity contribution is 0.0698. The van der Waals surface area contributed by atoms with Gasteiger partial charge in [-0.15, -0.1) is 0 Å². The summed E-state index contributed by atoms with van der Waals surface area (Å²) in [6, 6.07) is 3.84. The second-order valence-electron chi connectivity index (χ2n) is 6.94. The van der Waals surface area contributed by atoms with Crippen molar-refractivity contribution in [2.45, 2.75) is 45.6 Å². The Kier molecular flexibility index (Phi) is 5.12. The maximum Gasteiger partial charge on any atom is 0.337 e. The Bertz CT molecular complexity index is 711. The molecule has 0 bridgehead atoms. The largest absolute Gasteiger partial charge is 0.478 e. The average Bonchev–Trinajstić information content (AvgIpc) is 2.81. The van der Waals surface area contributed by atoms with E-state index in [9.17, 15) is 15.0 Å². The number of hydrogen-bond acceptors (Lipinski definition) is 3. The minimum Gasteiger partial charge on any atom is -0.478 e. The Morgan fingerprint density at radius 1 is 1.30 bits per heavy atom. The third-order valence-electron chi connectivity index (χ3n) is 4.14. The molecule has 0 aliphatic heterocycles. The van der Waals surface area contributed by atoms with E-state index in [4.69, 9.17) is 5.73 Å². The Hall–Kier alpha value is -1.85. The average molecular weight is 318 g/mol. The second-order valence-corrected chi connectivity index (χ2v) is 6.94. The maximum absolute atomic E-state index is 11.8. The van der Waals surface area contributed by atoms with E-state index in [1.165, 1.54) is 0 Å². The van der Waals surface area contributed by atoms with E-state index < -0.39 is 5.97 Å². The molecule has 2 rings (SSSR count). The highest BCUT2D eigenvalue weighted by Gasteiger charge is 2.22.